The summed E-state index contributed by atoms with van der Waals surface area (Å²) in [7, 11) is 0. The number of hydrogen-bond acceptors (Lipinski definition) is 4. The first-order chi connectivity index (χ1) is 7.56. The van der Waals surface area contributed by atoms with Gasteiger partial charge in [0.15, 0.2) is 5.78 Å². The summed E-state index contributed by atoms with van der Waals surface area (Å²) in [4.78, 5) is 25.6. The van der Waals surface area contributed by atoms with Crippen LogP contribution < -0.4 is 5.73 Å². The Morgan fingerprint density at radius 3 is 2.69 bits per heavy atom. The number of primary amides is 1. The zero-order valence-corrected chi connectivity index (χ0v) is 9.02. The third-order valence-corrected chi connectivity index (χ3v) is 2.12. The molecule has 0 aliphatic heterocycles. The summed E-state index contributed by atoms with van der Waals surface area (Å²) in [5.41, 5.74) is 13.4. The fourth-order valence-corrected chi connectivity index (χ4v) is 1.36. The third kappa shape index (κ3) is 2.75. The van der Waals surface area contributed by atoms with Crippen LogP contribution in [0.1, 0.15) is 20.7 Å². The molecule has 0 fully saturated rings. The van der Waals surface area contributed by atoms with Crippen LogP contribution in [0.5, 0.6) is 0 Å². The SMILES string of the molecule is [N-]=[N+]=NCC(=O)c1cc(S)ccc1C(N)=O. The van der Waals surface area contributed by atoms with Crippen LogP contribution in [0.15, 0.2) is 28.2 Å². The molecule has 82 valence electrons. The molecule has 0 aromatic heterocycles. The van der Waals surface area contributed by atoms with Crippen LogP contribution in [0, 0.1) is 0 Å². The van der Waals surface area contributed by atoms with Gasteiger partial charge in [0.1, 0.15) is 0 Å². The highest BCUT2D eigenvalue weighted by Crippen LogP contribution is 2.15. The predicted molar refractivity (Wildman–Crippen MR) is 60.6 cm³/mol. The van der Waals surface area contributed by atoms with Gasteiger partial charge in [-0.25, -0.2) is 0 Å². The Morgan fingerprint density at radius 1 is 1.44 bits per heavy atom. The monoisotopic (exact) mass is 236 g/mol. The molecule has 0 heterocycles. The molecule has 1 aromatic carbocycles. The second kappa shape index (κ2) is 5.20. The van der Waals surface area contributed by atoms with Gasteiger partial charge in [-0.05, 0) is 23.7 Å². The van der Waals surface area contributed by atoms with Crippen LogP contribution >= 0.6 is 12.6 Å². The Morgan fingerprint density at radius 2 is 2.12 bits per heavy atom. The first kappa shape index (κ1) is 12.1. The Bertz CT molecular complexity index is 494. The number of hydrogen-bond donors (Lipinski definition) is 2. The molecular formula is C9H8N4O2S. The van der Waals surface area contributed by atoms with Crippen molar-refractivity contribution in [1.82, 2.24) is 0 Å². The lowest BCUT2D eigenvalue weighted by molar-refractivity contribution is 0.0968. The molecule has 0 bridgehead atoms. The lowest BCUT2D eigenvalue weighted by atomic mass is 10.0. The Labute approximate surface area is 96.5 Å². The molecule has 0 radical (unpaired) electrons. The summed E-state index contributed by atoms with van der Waals surface area (Å²) >= 11 is 4.05. The second-order valence-electron chi connectivity index (χ2n) is 2.91. The molecule has 1 rings (SSSR count). The summed E-state index contributed by atoms with van der Waals surface area (Å²) in [6.45, 7) is -0.353. The van der Waals surface area contributed by atoms with Crippen molar-refractivity contribution >= 4 is 24.3 Å². The number of carbonyl (C=O) groups excluding carboxylic acids is 2. The number of amides is 1. The number of rotatable bonds is 4. The number of carbonyl (C=O) groups is 2. The van der Waals surface area contributed by atoms with Gasteiger partial charge in [0.05, 0.1) is 6.54 Å². The summed E-state index contributed by atoms with van der Waals surface area (Å²) in [5.74, 6) is -1.18. The van der Waals surface area contributed by atoms with Gasteiger partial charge in [-0.2, -0.15) is 0 Å². The second-order valence-corrected chi connectivity index (χ2v) is 3.42. The number of azide groups is 1. The number of nitrogens with zero attached hydrogens (tertiary/aromatic N) is 3. The lowest BCUT2D eigenvalue weighted by Crippen LogP contribution is -2.17. The first-order valence-electron chi connectivity index (χ1n) is 4.23. The zero-order chi connectivity index (χ0) is 12.1. The van der Waals surface area contributed by atoms with Crippen molar-refractivity contribution in [1.29, 1.82) is 0 Å². The van der Waals surface area contributed by atoms with Crippen molar-refractivity contribution in [3.8, 4) is 0 Å². The highest BCUT2D eigenvalue weighted by atomic mass is 32.1. The molecule has 1 aromatic rings. The fraction of sp³-hybridized carbons (Fsp3) is 0.111. The van der Waals surface area contributed by atoms with Crippen molar-refractivity contribution in [3.63, 3.8) is 0 Å². The van der Waals surface area contributed by atoms with Crippen LogP contribution in [0.4, 0.5) is 0 Å². The van der Waals surface area contributed by atoms with E-state index in [1.165, 1.54) is 12.1 Å². The standard InChI is InChI=1S/C9H8N4O2S/c10-9(15)6-2-1-5(16)3-7(6)8(14)4-12-13-11/h1-3,16H,4H2,(H2,10,15). The van der Waals surface area contributed by atoms with E-state index >= 15 is 0 Å². The van der Waals surface area contributed by atoms with Crippen molar-refractivity contribution in [2.45, 2.75) is 4.90 Å². The van der Waals surface area contributed by atoms with E-state index in [4.69, 9.17) is 11.3 Å². The molecule has 1 amide bonds. The molecule has 2 N–H and O–H groups in total. The van der Waals surface area contributed by atoms with Crippen molar-refractivity contribution in [2.24, 2.45) is 10.8 Å². The maximum absolute atomic E-state index is 11.6. The minimum absolute atomic E-state index is 0.0935. The van der Waals surface area contributed by atoms with E-state index in [9.17, 15) is 9.59 Å². The molecule has 0 spiro atoms. The van der Waals surface area contributed by atoms with Crippen LogP contribution in [-0.2, 0) is 0 Å². The minimum atomic E-state index is -0.711. The van der Waals surface area contributed by atoms with E-state index in [2.05, 4.69) is 22.7 Å². The number of Topliss-reactive ketones (excluding diaryl/α,β-unsaturated/α-hetero) is 1. The van der Waals surface area contributed by atoms with E-state index in [-0.39, 0.29) is 17.7 Å². The molecule has 0 aliphatic carbocycles. The summed E-state index contributed by atoms with van der Waals surface area (Å²) in [6.07, 6.45) is 0. The van der Waals surface area contributed by atoms with Gasteiger partial charge in [0, 0.05) is 20.9 Å². The van der Waals surface area contributed by atoms with Gasteiger partial charge in [-0.3, -0.25) is 9.59 Å². The number of ketones is 1. The van der Waals surface area contributed by atoms with Crippen molar-refractivity contribution in [3.05, 3.63) is 39.8 Å². The Hall–Kier alpha value is -1.98. The molecule has 7 heteroatoms. The molecule has 0 aliphatic rings. The Balaban J connectivity index is 3.18. The number of benzene rings is 1. The van der Waals surface area contributed by atoms with E-state index < -0.39 is 11.7 Å². The van der Waals surface area contributed by atoms with Crippen LogP contribution in [-0.4, -0.2) is 18.2 Å². The molecule has 0 atom stereocenters. The quantitative estimate of drug-likeness (QED) is 0.272. The molecule has 16 heavy (non-hydrogen) atoms. The van der Waals surface area contributed by atoms with Gasteiger partial charge in [-0.1, -0.05) is 5.11 Å². The van der Waals surface area contributed by atoms with E-state index in [0.717, 1.165) is 0 Å². The smallest absolute Gasteiger partial charge is 0.249 e. The molecule has 0 unspecified atom stereocenters. The summed E-state index contributed by atoms with van der Waals surface area (Å²) < 4.78 is 0. The van der Waals surface area contributed by atoms with E-state index in [1.807, 2.05) is 0 Å². The van der Waals surface area contributed by atoms with Crippen molar-refractivity contribution < 1.29 is 9.59 Å². The zero-order valence-electron chi connectivity index (χ0n) is 8.12. The van der Waals surface area contributed by atoms with E-state index in [0.29, 0.717) is 4.90 Å². The maximum Gasteiger partial charge on any atom is 0.249 e. The average Bonchev–Trinajstić information content (AvgIpc) is 2.25. The van der Waals surface area contributed by atoms with Gasteiger partial charge in [0.2, 0.25) is 5.91 Å². The van der Waals surface area contributed by atoms with E-state index in [1.54, 1.807) is 6.07 Å². The highest BCUT2D eigenvalue weighted by molar-refractivity contribution is 7.80. The third-order valence-electron chi connectivity index (χ3n) is 1.85. The molecule has 0 saturated carbocycles. The Kier molecular flexibility index (Phi) is 3.93. The maximum atomic E-state index is 11.6. The van der Waals surface area contributed by atoms with Gasteiger partial charge < -0.3 is 5.73 Å². The van der Waals surface area contributed by atoms with Crippen LogP contribution in [0.3, 0.4) is 0 Å². The lowest BCUT2D eigenvalue weighted by Gasteiger charge is -2.04. The number of nitrogens with two attached hydrogens (primary N) is 1. The van der Waals surface area contributed by atoms with Crippen molar-refractivity contribution in [2.75, 3.05) is 6.54 Å². The van der Waals surface area contributed by atoms with Gasteiger partial charge in [-0.15, -0.1) is 12.6 Å². The minimum Gasteiger partial charge on any atom is -0.366 e. The normalized spacial score (nSPS) is 9.31. The van der Waals surface area contributed by atoms with Gasteiger partial charge >= 0.3 is 0 Å². The highest BCUT2D eigenvalue weighted by Gasteiger charge is 2.14. The average molecular weight is 236 g/mol. The first-order valence-corrected chi connectivity index (χ1v) is 4.68. The summed E-state index contributed by atoms with van der Waals surface area (Å²) in [5, 5.41) is 3.13. The fourth-order valence-electron chi connectivity index (χ4n) is 1.16. The number of thiol groups is 1. The predicted octanol–water partition coefficient (Wildman–Crippen LogP) is 1.57. The van der Waals surface area contributed by atoms with Crippen LogP contribution in [0.2, 0.25) is 0 Å². The molecular weight excluding hydrogens is 228 g/mol. The van der Waals surface area contributed by atoms with Crippen LogP contribution in [0.25, 0.3) is 10.4 Å². The molecule has 0 saturated heterocycles. The van der Waals surface area contributed by atoms with Gasteiger partial charge in [0.25, 0.3) is 0 Å². The largest absolute Gasteiger partial charge is 0.366 e. The topological polar surface area (TPSA) is 109 Å². The summed E-state index contributed by atoms with van der Waals surface area (Å²) in [6, 6.07) is 4.37. The molecule has 6 nitrogen and oxygen atoms in total.